The second-order valence-electron chi connectivity index (χ2n) is 2.55. The molecule has 0 saturated heterocycles. The van der Waals surface area contributed by atoms with Crippen molar-refractivity contribution >= 4 is 39.0 Å². The van der Waals surface area contributed by atoms with Gasteiger partial charge in [0.15, 0.2) is 3.92 Å². The summed E-state index contributed by atoms with van der Waals surface area (Å²) in [6.07, 6.45) is 0. The first-order valence-corrected chi connectivity index (χ1v) is 6.60. The van der Waals surface area contributed by atoms with Crippen LogP contribution in [-0.2, 0) is 5.75 Å². The second-order valence-corrected chi connectivity index (χ2v) is 5.94. The van der Waals surface area contributed by atoms with E-state index in [1.807, 2.05) is 18.2 Å². The Morgan fingerprint density at radius 1 is 1.21 bits per heavy atom. The van der Waals surface area contributed by atoms with E-state index in [0.717, 1.165) is 14.7 Å². The quantitative estimate of drug-likeness (QED) is 0.807. The molecule has 2 nitrogen and oxygen atoms in total. The zero-order valence-electron chi connectivity index (χ0n) is 7.18. The fourth-order valence-corrected chi connectivity index (χ4v) is 3.06. The van der Waals surface area contributed by atoms with Gasteiger partial charge in [-0.1, -0.05) is 29.5 Å². The lowest BCUT2D eigenvalue weighted by Gasteiger charge is -1.96. The minimum Gasteiger partial charge on any atom is -0.142 e. The second kappa shape index (κ2) is 4.91. The van der Waals surface area contributed by atoms with Crippen LogP contribution in [-0.4, -0.2) is 10.2 Å². The van der Waals surface area contributed by atoms with Crippen molar-refractivity contribution in [2.45, 2.75) is 10.6 Å². The molecule has 72 valence electrons. The van der Waals surface area contributed by atoms with Gasteiger partial charge in [0.2, 0.25) is 0 Å². The van der Waals surface area contributed by atoms with Gasteiger partial charge in [-0.15, -0.1) is 22.0 Å². The molecule has 0 aliphatic carbocycles. The van der Waals surface area contributed by atoms with Gasteiger partial charge in [0, 0.05) is 4.90 Å². The maximum atomic E-state index is 4.03. The van der Waals surface area contributed by atoms with Gasteiger partial charge in [0.1, 0.15) is 5.01 Å². The molecule has 0 N–H and O–H groups in total. The van der Waals surface area contributed by atoms with Gasteiger partial charge in [-0.05, 0) is 28.1 Å². The van der Waals surface area contributed by atoms with Crippen LogP contribution in [0.1, 0.15) is 5.01 Å². The van der Waals surface area contributed by atoms with Gasteiger partial charge in [0.05, 0.1) is 5.75 Å². The summed E-state index contributed by atoms with van der Waals surface area (Å²) < 4.78 is 0.848. The Labute approximate surface area is 98.9 Å². The minimum atomic E-state index is 0.848. The van der Waals surface area contributed by atoms with Crippen molar-refractivity contribution in [3.63, 3.8) is 0 Å². The van der Waals surface area contributed by atoms with Gasteiger partial charge in [-0.3, -0.25) is 0 Å². The van der Waals surface area contributed by atoms with E-state index in [9.17, 15) is 0 Å². The average Bonchev–Trinajstić information content (AvgIpc) is 2.63. The van der Waals surface area contributed by atoms with Crippen LogP contribution in [0, 0.1) is 0 Å². The van der Waals surface area contributed by atoms with Gasteiger partial charge in [-0.25, -0.2) is 0 Å². The highest BCUT2D eigenvalue weighted by Gasteiger charge is 2.01. The molecule has 1 aromatic carbocycles. The molecule has 0 atom stereocenters. The summed E-state index contributed by atoms with van der Waals surface area (Å²) >= 11 is 6.65. The van der Waals surface area contributed by atoms with E-state index in [2.05, 4.69) is 38.3 Å². The Hall–Kier alpha value is -0.390. The topological polar surface area (TPSA) is 25.8 Å². The van der Waals surface area contributed by atoms with E-state index in [0.29, 0.717) is 0 Å². The van der Waals surface area contributed by atoms with Gasteiger partial charge < -0.3 is 0 Å². The van der Waals surface area contributed by atoms with Crippen molar-refractivity contribution in [3.05, 3.63) is 39.3 Å². The van der Waals surface area contributed by atoms with Crippen LogP contribution >= 0.6 is 39.0 Å². The smallest absolute Gasteiger partial charge is 0.142 e. The Morgan fingerprint density at radius 2 is 2.00 bits per heavy atom. The minimum absolute atomic E-state index is 0.848. The number of hydrogen-bond donors (Lipinski definition) is 0. The zero-order valence-corrected chi connectivity index (χ0v) is 10.4. The van der Waals surface area contributed by atoms with E-state index in [1.165, 1.54) is 4.90 Å². The summed E-state index contributed by atoms with van der Waals surface area (Å²) in [4.78, 5) is 1.26. The first-order chi connectivity index (χ1) is 6.84. The zero-order chi connectivity index (χ0) is 9.80. The van der Waals surface area contributed by atoms with E-state index < -0.39 is 0 Å². The largest absolute Gasteiger partial charge is 0.183 e. The monoisotopic (exact) mass is 286 g/mol. The Kier molecular flexibility index (Phi) is 3.55. The van der Waals surface area contributed by atoms with Crippen molar-refractivity contribution in [2.24, 2.45) is 0 Å². The van der Waals surface area contributed by atoms with Crippen LogP contribution in [0.15, 0.2) is 39.1 Å². The third-order valence-electron chi connectivity index (χ3n) is 1.55. The molecule has 0 aliphatic rings. The van der Waals surface area contributed by atoms with E-state index >= 15 is 0 Å². The lowest BCUT2D eigenvalue weighted by Crippen LogP contribution is -1.78. The van der Waals surface area contributed by atoms with Crippen LogP contribution in [0.4, 0.5) is 0 Å². The number of benzene rings is 1. The molecule has 5 heteroatoms. The van der Waals surface area contributed by atoms with E-state index in [4.69, 9.17) is 0 Å². The number of rotatable bonds is 3. The van der Waals surface area contributed by atoms with Crippen LogP contribution in [0.3, 0.4) is 0 Å². The molecule has 2 rings (SSSR count). The van der Waals surface area contributed by atoms with E-state index in [1.54, 1.807) is 23.1 Å². The fourth-order valence-electron chi connectivity index (χ4n) is 0.953. The molecule has 0 saturated carbocycles. The number of thioether (sulfide) groups is 1. The molecular formula is C9H7BrN2S2. The number of halogens is 1. The molecular weight excluding hydrogens is 280 g/mol. The lowest BCUT2D eigenvalue weighted by molar-refractivity contribution is 1.03. The normalized spacial score (nSPS) is 10.4. The molecule has 0 amide bonds. The molecule has 1 heterocycles. The first-order valence-electron chi connectivity index (χ1n) is 4.00. The van der Waals surface area contributed by atoms with Crippen LogP contribution in [0.25, 0.3) is 0 Å². The maximum absolute atomic E-state index is 4.03. The SMILES string of the molecule is Brc1nnc(CSc2ccccc2)s1. The van der Waals surface area contributed by atoms with Crippen molar-refractivity contribution in [1.29, 1.82) is 0 Å². The van der Waals surface area contributed by atoms with Crippen LogP contribution in [0.2, 0.25) is 0 Å². The highest BCUT2D eigenvalue weighted by Crippen LogP contribution is 2.25. The summed E-state index contributed by atoms with van der Waals surface area (Å²) in [6.45, 7) is 0. The molecule has 1 aromatic heterocycles. The third-order valence-corrected chi connectivity index (χ3v) is 4.11. The Balaban J connectivity index is 1.95. The predicted octanol–water partition coefficient (Wildman–Crippen LogP) is 3.59. The molecule has 0 fully saturated rings. The highest BCUT2D eigenvalue weighted by atomic mass is 79.9. The van der Waals surface area contributed by atoms with Crippen LogP contribution in [0.5, 0.6) is 0 Å². The third kappa shape index (κ3) is 2.80. The molecule has 0 unspecified atom stereocenters. The Bertz CT molecular complexity index is 402. The average molecular weight is 287 g/mol. The predicted molar refractivity (Wildman–Crippen MR) is 63.6 cm³/mol. The van der Waals surface area contributed by atoms with Crippen molar-refractivity contribution in [3.8, 4) is 0 Å². The van der Waals surface area contributed by atoms with Gasteiger partial charge in [0.25, 0.3) is 0 Å². The number of nitrogens with zero attached hydrogens (tertiary/aromatic N) is 2. The highest BCUT2D eigenvalue weighted by molar-refractivity contribution is 9.11. The van der Waals surface area contributed by atoms with E-state index in [-0.39, 0.29) is 0 Å². The lowest BCUT2D eigenvalue weighted by atomic mass is 10.4. The van der Waals surface area contributed by atoms with Crippen molar-refractivity contribution in [2.75, 3.05) is 0 Å². The summed E-state index contributed by atoms with van der Waals surface area (Å²) in [5.74, 6) is 0.882. The Morgan fingerprint density at radius 3 is 2.64 bits per heavy atom. The molecule has 14 heavy (non-hydrogen) atoms. The molecule has 0 aliphatic heterocycles. The summed E-state index contributed by atoms with van der Waals surface area (Å²) in [5.41, 5.74) is 0. The van der Waals surface area contributed by atoms with Crippen molar-refractivity contribution < 1.29 is 0 Å². The van der Waals surface area contributed by atoms with Gasteiger partial charge in [-0.2, -0.15) is 0 Å². The summed E-state index contributed by atoms with van der Waals surface area (Å²) in [7, 11) is 0. The molecule has 2 aromatic rings. The maximum Gasteiger partial charge on any atom is 0.183 e. The summed E-state index contributed by atoms with van der Waals surface area (Å²) in [5, 5.41) is 8.98. The molecule has 0 bridgehead atoms. The number of hydrogen-bond acceptors (Lipinski definition) is 4. The fraction of sp³-hybridized carbons (Fsp3) is 0.111. The standard InChI is InChI=1S/C9H7BrN2S2/c10-9-12-11-8(14-9)6-13-7-4-2-1-3-5-7/h1-5H,6H2. The summed E-state index contributed by atoms with van der Waals surface area (Å²) in [6, 6.07) is 10.3. The molecule has 0 radical (unpaired) electrons. The van der Waals surface area contributed by atoms with Crippen molar-refractivity contribution in [1.82, 2.24) is 10.2 Å². The number of aromatic nitrogens is 2. The molecule has 0 spiro atoms. The first kappa shape index (κ1) is 10.1. The van der Waals surface area contributed by atoms with Crippen LogP contribution < -0.4 is 0 Å². The van der Waals surface area contributed by atoms with Gasteiger partial charge >= 0.3 is 0 Å².